The quantitative estimate of drug-likeness (QED) is 0.847. The Labute approximate surface area is 111 Å². The summed E-state index contributed by atoms with van der Waals surface area (Å²) in [6.07, 6.45) is 2.21. The molecule has 2 heterocycles. The molecule has 1 aromatic carbocycles. The van der Waals surface area contributed by atoms with Crippen molar-refractivity contribution in [3.05, 3.63) is 23.0 Å². The third-order valence-corrected chi connectivity index (χ3v) is 3.72. The minimum Gasteiger partial charge on any atom is -0.497 e. The van der Waals surface area contributed by atoms with E-state index in [1.807, 2.05) is 12.1 Å². The summed E-state index contributed by atoms with van der Waals surface area (Å²) < 4.78 is 13.7. The Kier molecular flexibility index (Phi) is 3.09. The van der Waals surface area contributed by atoms with Gasteiger partial charge in [0.25, 0.3) is 0 Å². The number of aromatic amines is 1. The van der Waals surface area contributed by atoms with Gasteiger partial charge in [-0.15, -0.1) is 0 Å². The first-order valence-corrected chi connectivity index (χ1v) is 6.56. The molecule has 1 fully saturated rings. The Morgan fingerprint density at radius 2 is 2.39 bits per heavy atom. The maximum Gasteiger partial charge on any atom is 0.178 e. The largest absolute Gasteiger partial charge is 0.497 e. The fraction of sp³-hybridized carbons (Fsp3) is 0.462. The van der Waals surface area contributed by atoms with Crippen molar-refractivity contribution in [1.29, 1.82) is 0 Å². The first-order valence-electron chi connectivity index (χ1n) is 6.15. The van der Waals surface area contributed by atoms with Gasteiger partial charge in [0.05, 0.1) is 30.8 Å². The number of nitrogens with zero attached hydrogens (tertiary/aromatic N) is 1. The number of imidazole rings is 1. The van der Waals surface area contributed by atoms with Crippen LogP contribution in [0.25, 0.3) is 11.0 Å². The standard InChI is InChI=1S/C13H16N2O2S/c1-16-10-4-5-12-11(7-10)14-13(18)15(12)9-3-2-6-17-8-9/h4-5,7,9H,2-3,6,8H2,1H3,(H,14,18). The molecule has 0 saturated carbocycles. The zero-order valence-corrected chi connectivity index (χ0v) is 11.1. The molecule has 1 aliphatic rings. The lowest BCUT2D eigenvalue weighted by atomic mass is 10.1. The Balaban J connectivity index is 2.10. The monoisotopic (exact) mass is 264 g/mol. The molecule has 18 heavy (non-hydrogen) atoms. The van der Waals surface area contributed by atoms with E-state index in [1.54, 1.807) is 7.11 Å². The second-order valence-corrected chi connectivity index (χ2v) is 4.94. The summed E-state index contributed by atoms with van der Waals surface area (Å²) in [5.41, 5.74) is 2.14. The predicted molar refractivity (Wildman–Crippen MR) is 72.8 cm³/mol. The molecule has 0 amide bonds. The number of fused-ring (bicyclic) bond motifs is 1. The van der Waals surface area contributed by atoms with E-state index in [4.69, 9.17) is 21.7 Å². The molecule has 0 bridgehead atoms. The lowest BCUT2D eigenvalue weighted by Gasteiger charge is -2.24. The van der Waals surface area contributed by atoms with Gasteiger partial charge in [0, 0.05) is 12.7 Å². The highest BCUT2D eigenvalue weighted by atomic mass is 32.1. The van der Waals surface area contributed by atoms with E-state index in [9.17, 15) is 0 Å². The molecule has 96 valence electrons. The summed E-state index contributed by atoms with van der Waals surface area (Å²) >= 11 is 5.42. The van der Waals surface area contributed by atoms with Gasteiger partial charge in [0.15, 0.2) is 4.77 Å². The zero-order valence-electron chi connectivity index (χ0n) is 10.3. The molecule has 5 heteroatoms. The number of rotatable bonds is 2. The molecule has 1 unspecified atom stereocenters. The maximum absolute atomic E-state index is 5.55. The zero-order chi connectivity index (χ0) is 12.5. The Morgan fingerprint density at radius 1 is 1.50 bits per heavy atom. The molecule has 1 aromatic heterocycles. The van der Waals surface area contributed by atoms with E-state index in [2.05, 4.69) is 15.6 Å². The number of methoxy groups -OCH3 is 1. The highest BCUT2D eigenvalue weighted by Crippen LogP contribution is 2.27. The summed E-state index contributed by atoms with van der Waals surface area (Å²) in [4.78, 5) is 3.24. The smallest absolute Gasteiger partial charge is 0.178 e. The topological polar surface area (TPSA) is 39.2 Å². The fourth-order valence-electron chi connectivity index (χ4n) is 2.53. The van der Waals surface area contributed by atoms with Gasteiger partial charge in [-0.25, -0.2) is 0 Å². The Bertz CT molecular complexity index is 611. The first-order chi connectivity index (χ1) is 8.79. The van der Waals surface area contributed by atoms with Gasteiger partial charge in [0.1, 0.15) is 5.75 Å². The minimum atomic E-state index is 0.341. The van der Waals surface area contributed by atoms with Crippen LogP contribution >= 0.6 is 12.2 Å². The summed E-state index contributed by atoms with van der Waals surface area (Å²) in [7, 11) is 1.67. The van der Waals surface area contributed by atoms with Crippen molar-refractivity contribution in [2.24, 2.45) is 0 Å². The number of hydrogen-bond acceptors (Lipinski definition) is 3. The van der Waals surface area contributed by atoms with Gasteiger partial charge in [-0.05, 0) is 37.2 Å². The van der Waals surface area contributed by atoms with Crippen LogP contribution in [0.15, 0.2) is 18.2 Å². The van der Waals surface area contributed by atoms with E-state index < -0.39 is 0 Å². The van der Waals surface area contributed by atoms with Gasteiger partial charge < -0.3 is 19.0 Å². The van der Waals surface area contributed by atoms with Crippen molar-refractivity contribution in [1.82, 2.24) is 9.55 Å². The van der Waals surface area contributed by atoms with Crippen LogP contribution in [0.5, 0.6) is 5.75 Å². The molecular weight excluding hydrogens is 248 g/mol. The average Bonchev–Trinajstić information content (AvgIpc) is 2.74. The van der Waals surface area contributed by atoms with Gasteiger partial charge >= 0.3 is 0 Å². The number of nitrogens with one attached hydrogen (secondary N) is 1. The maximum atomic E-state index is 5.55. The van der Waals surface area contributed by atoms with E-state index in [0.717, 1.165) is 47.6 Å². The van der Waals surface area contributed by atoms with Crippen molar-refractivity contribution >= 4 is 23.3 Å². The van der Waals surface area contributed by atoms with Crippen molar-refractivity contribution in [3.8, 4) is 5.75 Å². The van der Waals surface area contributed by atoms with E-state index in [0.29, 0.717) is 6.04 Å². The summed E-state index contributed by atoms with van der Waals surface area (Å²) in [6, 6.07) is 6.33. The van der Waals surface area contributed by atoms with Crippen LogP contribution in [0.2, 0.25) is 0 Å². The highest BCUT2D eigenvalue weighted by molar-refractivity contribution is 7.71. The van der Waals surface area contributed by atoms with Gasteiger partial charge in [0.2, 0.25) is 0 Å². The number of benzene rings is 1. The number of hydrogen-bond donors (Lipinski definition) is 1. The van der Waals surface area contributed by atoms with Gasteiger partial charge in [-0.2, -0.15) is 0 Å². The molecule has 1 aliphatic heterocycles. The Morgan fingerprint density at radius 3 is 3.11 bits per heavy atom. The molecule has 1 saturated heterocycles. The first kappa shape index (κ1) is 11.7. The normalized spacial score (nSPS) is 20.2. The summed E-state index contributed by atoms with van der Waals surface area (Å²) in [5.74, 6) is 0.839. The van der Waals surface area contributed by atoms with E-state index in [1.165, 1.54) is 0 Å². The molecule has 0 radical (unpaired) electrons. The van der Waals surface area contributed by atoms with E-state index >= 15 is 0 Å². The van der Waals surface area contributed by atoms with Crippen molar-refractivity contribution in [2.45, 2.75) is 18.9 Å². The molecule has 1 atom stereocenters. The van der Waals surface area contributed by atoms with E-state index in [-0.39, 0.29) is 0 Å². The predicted octanol–water partition coefficient (Wildman–Crippen LogP) is 3.06. The average molecular weight is 264 g/mol. The van der Waals surface area contributed by atoms with Crippen LogP contribution in [0.4, 0.5) is 0 Å². The lowest BCUT2D eigenvalue weighted by molar-refractivity contribution is 0.0600. The van der Waals surface area contributed by atoms with Crippen LogP contribution in [0.3, 0.4) is 0 Å². The molecule has 4 nitrogen and oxygen atoms in total. The van der Waals surface area contributed by atoms with Gasteiger partial charge in [-0.3, -0.25) is 0 Å². The van der Waals surface area contributed by atoms with Gasteiger partial charge in [-0.1, -0.05) is 0 Å². The molecule has 1 N–H and O–H groups in total. The van der Waals surface area contributed by atoms with Crippen molar-refractivity contribution in [2.75, 3.05) is 20.3 Å². The number of H-pyrrole nitrogens is 1. The lowest BCUT2D eigenvalue weighted by Crippen LogP contribution is -2.21. The van der Waals surface area contributed by atoms with Crippen LogP contribution in [0.1, 0.15) is 18.9 Å². The SMILES string of the molecule is COc1ccc2c(c1)[nH]c(=S)n2C1CCCOC1. The highest BCUT2D eigenvalue weighted by Gasteiger charge is 2.19. The molecule has 0 spiro atoms. The van der Waals surface area contributed by atoms with Crippen LogP contribution in [0, 0.1) is 4.77 Å². The fourth-order valence-corrected chi connectivity index (χ4v) is 2.88. The molecule has 0 aliphatic carbocycles. The van der Waals surface area contributed by atoms with Crippen LogP contribution in [-0.2, 0) is 4.74 Å². The summed E-state index contributed by atoms with van der Waals surface area (Å²) in [6.45, 7) is 1.60. The van der Waals surface area contributed by atoms with Crippen LogP contribution in [-0.4, -0.2) is 29.9 Å². The second-order valence-electron chi connectivity index (χ2n) is 4.55. The molecule has 2 aromatic rings. The second kappa shape index (κ2) is 4.74. The van der Waals surface area contributed by atoms with Crippen molar-refractivity contribution < 1.29 is 9.47 Å². The summed E-state index contributed by atoms with van der Waals surface area (Å²) in [5, 5.41) is 0. The third kappa shape index (κ3) is 1.93. The van der Waals surface area contributed by atoms with Crippen LogP contribution < -0.4 is 4.74 Å². The number of aromatic nitrogens is 2. The van der Waals surface area contributed by atoms with Crippen molar-refractivity contribution in [3.63, 3.8) is 0 Å². The third-order valence-electron chi connectivity index (χ3n) is 3.43. The number of ether oxygens (including phenoxy) is 2. The Hall–Kier alpha value is -1.33. The minimum absolute atomic E-state index is 0.341. The molecule has 3 rings (SSSR count). The molecular formula is C13H16N2O2S.